The largest absolute Gasteiger partial charge is 0.481 e. The lowest BCUT2D eigenvalue weighted by Crippen LogP contribution is -2.37. The predicted octanol–water partition coefficient (Wildman–Crippen LogP) is -0.0144. The first-order chi connectivity index (χ1) is 8.45. The zero-order chi connectivity index (χ0) is 13.7. The minimum atomic E-state index is -0.911. The average molecular weight is 256 g/mol. The molecule has 0 heterocycles. The molecule has 0 aromatic carbocycles. The molecule has 6 nitrogen and oxygen atoms in total. The van der Waals surface area contributed by atoms with Gasteiger partial charge in [-0.15, -0.1) is 0 Å². The van der Waals surface area contributed by atoms with E-state index in [9.17, 15) is 14.4 Å². The molecule has 102 valence electrons. The number of carbonyl (C=O) groups is 3. The highest BCUT2D eigenvalue weighted by molar-refractivity contribution is 5.85. The highest BCUT2D eigenvalue weighted by atomic mass is 16.4. The van der Waals surface area contributed by atoms with E-state index >= 15 is 0 Å². The van der Waals surface area contributed by atoms with E-state index in [-0.39, 0.29) is 30.7 Å². The number of hydrogen-bond acceptors (Lipinski definition) is 3. The van der Waals surface area contributed by atoms with Crippen molar-refractivity contribution < 1.29 is 19.5 Å². The molecule has 1 aliphatic rings. The van der Waals surface area contributed by atoms with E-state index in [1.54, 1.807) is 0 Å². The third-order valence-electron chi connectivity index (χ3n) is 3.38. The van der Waals surface area contributed by atoms with Crippen LogP contribution >= 0.6 is 0 Å². The lowest BCUT2D eigenvalue weighted by Gasteiger charge is -2.15. The van der Waals surface area contributed by atoms with Crippen molar-refractivity contribution in [1.29, 1.82) is 0 Å². The Bertz CT molecular complexity index is 343. The lowest BCUT2D eigenvalue weighted by molar-refractivity contribution is -0.146. The van der Waals surface area contributed by atoms with Gasteiger partial charge in [0.05, 0.1) is 11.8 Å². The molecule has 1 aliphatic carbocycles. The van der Waals surface area contributed by atoms with E-state index in [1.807, 2.05) is 6.92 Å². The summed E-state index contributed by atoms with van der Waals surface area (Å²) in [4.78, 5) is 33.9. The topological polar surface area (TPSA) is 95.5 Å². The summed E-state index contributed by atoms with van der Waals surface area (Å²) >= 11 is 0. The van der Waals surface area contributed by atoms with Crippen LogP contribution in [0.5, 0.6) is 0 Å². The number of rotatable bonds is 5. The van der Waals surface area contributed by atoms with Crippen LogP contribution in [0, 0.1) is 17.8 Å². The SMILES string of the molecule is CNC(=O)CCNC(=O)C1CC(C)CC1C(=O)O. The first-order valence-electron chi connectivity index (χ1n) is 6.16. The maximum absolute atomic E-state index is 11.9. The van der Waals surface area contributed by atoms with Crippen molar-refractivity contribution in [2.45, 2.75) is 26.2 Å². The van der Waals surface area contributed by atoms with Gasteiger partial charge in [0, 0.05) is 20.0 Å². The van der Waals surface area contributed by atoms with Gasteiger partial charge in [-0.1, -0.05) is 6.92 Å². The van der Waals surface area contributed by atoms with Crippen molar-refractivity contribution in [3.8, 4) is 0 Å². The van der Waals surface area contributed by atoms with Crippen molar-refractivity contribution in [2.24, 2.45) is 17.8 Å². The number of aliphatic carboxylic acids is 1. The van der Waals surface area contributed by atoms with Crippen LogP contribution in [0.25, 0.3) is 0 Å². The van der Waals surface area contributed by atoms with Gasteiger partial charge in [0.25, 0.3) is 0 Å². The molecule has 1 rings (SSSR count). The summed E-state index contributed by atoms with van der Waals surface area (Å²) in [7, 11) is 1.53. The van der Waals surface area contributed by atoms with Gasteiger partial charge in [-0.2, -0.15) is 0 Å². The smallest absolute Gasteiger partial charge is 0.307 e. The second kappa shape index (κ2) is 6.37. The quantitative estimate of drug-likeness (QED) is 0.644. The molecule has 18 heavy (non-hydrogen) atoms. The molecule has 6 heteroatoms. The first-order valence-corrected chi connectivity index (χ1v) is 6.16. The molecule has 0 bridgehead atoms. The van der Waals surface area contributed by atoms with E-state index in [4.69, 9.17) is 5.11 Å². The molecule has 0 spiro atoms. The minimum Gasteiger partial charge on any atom is -0.481 e. The molecule has 3 unspecified atom stereocenters. The van der Waals surface area contributed by atoms with Gasteiger partial charge >= 0.3 is 5.97 Å². The number of hydrogen-bond donors (Lipinski definition) is 3. The summed E-state index contributed by atoms with van der Waals surface area (Å²) in [6.45, 7) is 2.20. The lowest BCUT2D eigenvalue weighted by atomic mass is 9.95. The van der Waals surface area contributed by atoms with Gasteiger partial charge in [-0.25, -0.2) is 0 Å². The Labute approximate surface area is 106 Å². The van der Waals surface area contributed by atoms with Gasteiger partial charge in [0.2, 0.25) is 11.8 Å². The maximum Gasteiger partial charge on any atom is 0.307 e. The zero-order valence-electron chi connectivity index (χ0n) is 10.7. The summed E-state index contributed by atoms with van der Waals surface area (Å²) in [6.07, 6.45) is 1.36. The molecular formula is C12H20N2O4. The predicted molar refractivity (Wildman–Crippen MR) is 64.7 cm³/mol. The summed E-state index contributed by atoms with van der Waals surface area (Å²) in [5.74, 6) is -2.13. The summed E-state index contributed by atoms with van der Waals surface area (Å²) in [5.41, 5.74) is 0. The Balaban J connectivity index is 2.45. The monoisotopic (exact) mass is 256 g/mol. The summed E-state index contributed by atoms with van der Waals surface area (Å²) < 4.78 is 0. The minimum absolute atomic E-state index is 0.148. The number of carboxylic acids is 1. The molecule has 1 saturated carbocycles. The van der Waals surface area contributed by atoms with Crippen LogP contribution < -0.4 is 10.6 Å². The van der Waals surface area contributed by atoms with Crippen molar-refractivity contribution in [2.75, 3.05) is 13.6 Å². The van der Waals surface area contributed by atoms with Gasteiger partial charge < -0.3 is 15.7 Å². The molecular weight excluding hydrogens is 236 g/mol. The fraction of sp³-hybridized carbons (Fsp3) is 0.750. The Kier molecular flexibility index (Phi) is 5.12. The first kappa shape index (κ1) is 14.5. The molecule has 0 saturated heterocycles. The van der Waals surface area contributed by atoms with Crippen LogP contribution in [-0.2, 0) is 14.4 Å². The van der Waals surface area contributed by atoms with Gasteiger partial charge in [-0.3, -0.25) is 14.4 Å². The standard InChI is InChI=1S/C12H20N2O4/c1-7-5-8(9(6-7)12(17)18)11(16)14-4-3-10(15)13-2/h7-9H,3-6H2,1-2H3,(H,13,15)(H,14,16)(H,17,18). The highest BCUT2D eigenvalue weighted by Gasteiger charge is 2.40. The third-order valence-corrected chi connectivity index (χ3v) is 3.38. The van der Waals surface area contributed by atoms with Crippen LogP contribution in [0.4, 0.5) is 0 Å². The third kappa shape index (κ3) is 3.72. The van der Waals surface area contributed by atoms with Crippen LogP contribution in [0.2, 0.25) is 0 Å². The van der Waals surface area contributed by atoms with Crippen LogP contribution in [0.3, 0.4) is 0 Å². The van der Waals surface area contributed by atoms with Crippen LogP contribution in [0.1, 0.15) is 26.2 Å². The fourth-order valence-electron chi connectivity index (χ4n) is 2.41. The summed E-state index contributed by atoms with van der Waals surface area (Å²) in [6, 6.07) is 0. The van der Waals surface area contributed by atoms with Crippen LogP contribution in [-0.4, -0.2) is 36.5 Å². The van der Waals surface area contributed by atoms with Crippen LogP contribution in [0.15, 0.2) is 0 Å². The van der Waals surface area contributed by atoms with E-state index in [0.29, 0.717) is 12.8 Å². The highest BCUT2D eigenvalue weighted by Crippen LogP contribution is 2.36. The molecule has 1 fully saturated rings. The van der Waals surface area contributed by atoms with Crippen molar-refractivity contribution >= 4 is 17.8 Å². The second-order valence-electron chi connectivity index (χ2n) is 4.84. The fourth-order valence-corrected chi connectivity index (χ4v) is 2.41. The van der Waals surface area contributed by atoms with Gasteiger partial charge in [0.1, 0.15) is 0 Å². The number of carbonyl (C=O) groups excluding carboxylic acids is 2. The zero-order valence-corrected chi connectivity index (χ0v) is 10.7. The normalized spacial score (nSPS) is 26.7. The molecule has 3 atom stereocenters. The van der Waals surface area contributed by atoms with E-state index in [2.05, 4.69) is 10.6 Å². The van der Waals surface area contributed by atoms with E-state index < -0.39 is 17.8 Å². The summed E-state index contributed by atoms with van der Waals surface area (Å²) in [5, 5.41) is 14.1. The molecule has 0 aliphatic heterocycles. The Morgan fingerprint density at radius 2 is 1.83 bits per heavy atom. The average Bonchev–Trinajstić information content (AvgIpc) is 2.71. The number of nitrogens with one attached hydrogen (secondary N) is 2. The van der Waals surface area contributed by atoms with Crippen molar-refractivity contribution in [3.05, 3.63) is 0 Å². The second-order valence-corrected chi connectivity index (χ2v) is 4.84. The van der Waals surface area contributed by atoms with Crippen molar-refractivity contribution in [3.63, 3.8) is 0 Å². The molecule has 3 N–H and O–H groups in total. The van der Waals surface area contributed by atoms with Gasteiger partial charge in [0.15, 0.2) is 0 Å². The molecule has 0 aromatic heterocycles. The maximum atomic E-state index is 11.9. The van der Waals surface area contributed by atoms with Crippen molar-refractivity contribution in [1.82, 2.24) is 10.6 Å². The van der Waals surface area contributed by atoms with Gasteiger partial charge in [-0.05, 0) is 18.8 Å². The Hall–Kier alpha value is -1.59. The van der Waals surface area contributed by atoms with E-state index in [0.717, 1.165) is 0 Å². The number of amides is 2. The van der Waals surface area contributed by atoms with E-state index in [1.165, 1.54) is 7.05 Å². The number of carboxylic acid groups (broad SMARTS) is 1. The molecule has 0 radical (unpaired) electrons. The Morgan fingerprint density at radius 1 is 1.22 bits per heavy atom. The molecule has 0 aromatic rings. The Morgan fingerprint density at radius 3 is 2.39 bits per heavy atom. The molecule has 2 amide bonds.